The number of hydrogen-bond acceptors (Lipinski definition) is 6. The Morgan fingerprint density at radius 1 is 1.65 bits per heavy atom. The zero-order valence-corrected chi connectivity index (χ0v) is 9.21. The number of hydrogen-bond donors (Lipinski definition) is 3. The Morgan fingerprint density at radius 2 is 2.29 bits per heavy atom. The van der Waals surface area contributed by atoms with E-state index >= 15 is 0 Å². The van der Waals surface area contributed by atoms with Crippen molar-refractivity contribution in [2.75, 3.05) is 11.1 Å². The van der Waals surface area contributed by atoms with Crippen LogP contribution in [0, 0.1) is 10.1 Å². The molecule has 0 aliphatic heterocycles. The van der Waals surface area contributed by atoms with Crippen LogP contribution < -0.4 is 16.8 Å². The highest BCUT2D eigenvalue weighted by molar-refractivity contribution is 5.75. The van der Waals surface area contributed by atoms with Crippen LogP contribution in [0.1, 0.15) is 13.3 Å². The van der Waals surface area contributed by atoms with Crippen molar-refractivity contribution in [3.05, 3.63) is 22.2 Å². The van der Waals surface area contributed by atoms with E-state index in [4.69, 9.17) is 11.5 Å². The van der Waals surface area contributed by atoms with Crippen LogP contribution in [0.3, 0.4) is 0 Å². The minimum atomic E-state index is -0.578. The number of carbonyl (C=O) groups excluding carboxylic acids is 1. The minimum absolute atomic E-state index is 0.0313. The first-order chi connectivity index (χ1) is 7.90. The Morgan fingerprint density at radius 3 is 2.82 bits per heavy atom. The van der Waals surface area contributed by atoms with Gasteiger partial charge in [-0.05, 0) is 13.0 Å². The van der Waals surface area contributed by atoms with Gasteiger partial charge < -0.3 is 16.8 Å². The number of amides is 1. The van der Waals surface area contributed by atoms with Crippen molar-refractivity contribution in [3.8, 4) is 0 Å². The zero-order valence-electron chi connectivity index (χ0n) is 9.21. The van der Waals surface area contributed by atoms with Gasteiger partial charge in [-0.25, -0.2) is 4.98 Å². The number of pyridine rings is 1. The molecule has 1 rings (SSSR count). The Kier molecular flexibility index (Phi) is 3.81. The molecule has 8 heteroatoms. The number of nitro groups is 1. The van der Waals surface area contributed by atoms with Crippen LogP contribution in [0.25, 0.3) is 0 Å². The number of aromatic nitrogens is 1. The largest absolute Gasteiger partial charge is 0.384 e. The smallest absolute Gasteiger partial charge is 0.311 e. The second kappa shape index (κ2) is 5.10. The third kappa shape index (κ3) is 3.59. The van der Waals surface area contributed by atoms with Gasteiger partial charge in [-0.15, -0.1) is 0 Å². The maximum Gasteiger partial charge on any atom is 0.311 e. The molecule has 0 fully saturated rings. The molecule has 0 saturated heterocycles. The number of carbonyl (C=O) groups is 1. The van der Waals surface area contributed by atoms with Gasteiger partial charge >= 0.3 is 5.69 Å². The fourth-order valence-electron chi connectivity index (χ4n) is 1.31. The Bertz CT molecular complexity index is 448. The lowest BCUT2D eigenvalue weighted by Crippen LogP contribution is -2.24. The number of nitrogen functional groups attached to an aromatic ring is 1. The van der Waals surface area contributed by atoms with E-state index in [0.29, 0.717) is 0 Å². The maximum absolute atomic E-state index is 10.7. The Labute approximate surface area is 97.2 Å². The van der Waals surface area contributed by atoms with E-state index in [2.05, 4.69) is 10.3 Å². The van der Waals surface area contributed by atoms with Crippen LogP contribution in [0.4, 0.5) is 17.3 Å². The SMILES string of the molecule is CC(CC(N)=O)Nc1nc(N)ccc1[N+](=O)[O-]. The van der Waals surface area contributed by atoms with Crippen molar-refractivity contribution in [3.63, 3.8) is 0 Å². The van der Waals surface area contributed by atoms with Gasteiger partial charge in [0.05, 0.1) is 4.92 Å². The summed E-state index contributed by atoms with van der Waals surface area (Å²) < 4.78 is 0. The van der Waals surface area contributed by atoms with Gasteiger partial charge in [0.2, 0.25) is 11.7 Å². The molecule has 1 heterocycles. The summed E-state index contributed by atoms with van der Waals surface area (Å²) in [5.74, 6) is -0.315. The van der Waals surface area contributed by atoms with E-state index in [1.165, 1.54) is 12.1 Å². The molecule has 17 heavy (non-hydrogen) atoms. The number of nitrogens with two attached hydrogens (primary N) is 2. The van der Waals surface area contributed by atoms with Gasteiger partial charge in [0.1, 0.15) is 5.82 Å². The summed E-state index contributed by atoms with van der Waals surface area (Å²) in [5.41, 5.74) is 10.3. The average Bonchev–Trinajstić information content (AvgIpc) is 2.15. The first-order valence-corrected chi connectivity index (χ1v) is 4.86. The summed E-state index contributed by atoms with van der Waals surface area (Å²) in [6, 6.07) is 2.23. The highest BCUT2D eigenvalue weighted by atomic mass is 16.6. The lowest BCUT2D eigenvalue weighted by atomic mass is 10.2. The maximum atomic E-state index is 10.7. The van der Waals surface area contributed by atoms with E-state index < -0.39 is 10.8 Å². The lowest BCUT2D eigenvalue weighted by molar-refractivity contribution is -0.384. The second-order valence-electron chi connectivity index (χ2n) is 3.58. The highest BCUT2D eigenvalue weighted by Crippen LogP contribution is 2.23. The number of anilines is 2. The zero-order chi connectivity index (χ0) is 13.0. The summed E-state index contributed by atoms with van der Waals surface area (Å²) in [6.45, 7) is 1.67. The molecule has 1 aromatic heterocycles. The molecule has 0 aliphatic carbocycles. The standard InChI is InChI=1S/C9H13N5O3/c1-5(4-8(11)15)12-9-6(14(16)17)2-3-7(10)13-9/h2-3,5H,4H2,1H3,(H2,11,15)(H3,10,12,13). The van der Waals surface area contributed by atoms with Crippen LogP contribution in [0.5, 0.6) is 0 Å². The second-order valence-corrected chi connectivity index (χ2v) is 3.58. The lowest BCUT2D eigenvalue weighted by Gasteiger charge is -2.12. The van der Waals surface area contributed by atoms with Gasteiger partial charge in [-0.2, -0.15) is 0 Å². The number of rotatable bonds is 5. The van der Waals surface area contributed by atoms with Crippen LogP contribution >= 0.6 is 0 Å². The summed E-state index contributed by atoms with van der Waals surface area (Å²) in [7, 11) is 0. The molecule has 0 aromatic carbocycles. The molecule has 5 N–H and O–H groups in total. The Balaban J connectivity index is 2.92. The van der Waals surface area contributed by atoms with Crippen molar-refractivity contribution >= 4 is 23.2 Å². The molecule has 1 atom stereocenters. The van der Waals surface area contributed by atoms with Gasteiger partial charge in [-0.1, -0.05) is 0 Å². The molecular formula is C9H13N5O3. The van der Waals surface area contributed by atoms with E-state index in [1.807, 2.05) is 0 Å². The van der Waals surface area contributed by atoms with E-state index in [9.17, 15) is 14.9 Å². The van der Waals surface area contributed by atoms with Gasteiger partial charge in [0.15, 0.2) is 0 Å². The van der Waals surface area contributed by atoms with Crippen molar-refractivity contribution in [2.24, 2.45) is 5.73 Å². The molecule has 0 bridgehead atoms. The summed E-state index contributed by atoms with van der Waals surface area (Å²) in [4.78, 5) is 24.7. The van der Waals surface area contributed by atoms with E-state index in [0.717, 1.165) is 0 Å². The van der Waals surface area contributed by atoms with Crippen LogP contribution in [-0.2, 0) is 4.79 Å². The van der Waals surface area contributed by atoms with Crippen molar-refractivity contribution < 1.29 is 9.72 Å². The third-order valence-electron chi connectivity index (χ3n) is 1.98. The molecule has 1 aromatic rings. The van der Waals surface area contributed by atoms with Crippen LogP contribution in [0.15, 0.2) is 12.1 Å². The molecule has 0 spiro atoms. The van der Waals surface area contributed by atoms with Gasteiger partial charge in [0, 0.05) is 18.5 Å². The number of nitrogens with one attached hydrogen (secondary N) is 1. The summed E-state index contributed by atoms with van der Waals surface area (Å²) in [5, 5.41) is 13.5. The topological polar surface area (TPSA) is 137 Å². The highest BCUT2D eigenvalue weighted by Gasteiger charge is 2.17. The number of nitrogens with zero attached hydrogens (tertiary/aromatic N) is 2. The molecule has 0 radical (unpaired) electrons. The Hall–Kier alpha value is -2.38. The average molecular weight is 239 g/mol. The summed E-state index contributed by atoms with van der Waals surface area (Å²) >= 11 is 0. The molecule has 0 saturated carbocycles. The fourth-order valence-corrected chi connectivity index (χ4v) is 1.31. The van der Waals surface area contributed by atoms with Crippen LogP contribution in [0.2, 0.25) is 0 Å². The van der Waals surface area contributed by atoms with E-state index in [-0.39, 0.29) is 29.8 Å². The van der Waals surface area contributed by atoms with Crippen molar-refractivity contribution in [1.29, 1.82) is 0 Å². The van der Waals surface area contributed by atoms with E-state index in [1.54, 1.807) is 6.92 Å². The van der Waals surface area contributed by atoms with Gasteiger partial charge in [-0.3, -0.25) is 14.9 Å². The summed E-state index contributed by atoms with van der Waals surface area (Å²) in [6.07, 6.45) is 0.0492. The number of primary amides is 1. The van der Waals surface area contributed by atoms with Crippen molar-refractivity contribution in [2.45, 2.75) is 19.4 Å². The first kappa shape index (κ1) is 12.7. The quantitative estimate of drug-likeness (QED) is 0.497. The molecule has 92 valence electrons. The molecule has 1 amide bonds. The predicted octanol–water partition coefficient (Wildman–Crippen LogP) is 0.248. The van der Waals surface area contributed by atoms with Crippen molar-refractivity contribution in [1.82, 2.24) is 4.98 Å². The predicted molar refractivity (Wildman–Crippen MR) is 62.2 cm³/mol. The minimum Gasteiger partial charge on any atom is -0.384 e. The normalized spacial score (nSPS) is 11.8. The molecular weight excluding hydrogens is 226 g/mol. The third-order valence-corrected chi connectivity index (χ3v) is 1.98. The molecule has 8 nitrogen and oxygen atoms in total. The fraction of sp³-hybridized carbons (Fsp3) is 0.333. The van der Waals surface area contributed by atoms with Crippen LogP contribution in [-0.4, -0.2) is 21.9 Å². The molecule has 0 aliphatic rings. The monoisotopic (exact) mass is 239 g/mol. The first-order valence-electron chi connectivity index (χ1n) is 4.86. The van der Waals surface area contributed by atoms with Gasteiger partial charge in [0.25, 0.3) is 0 Å². The molecule has 1 unspecified atom stereocenters.